The molecule has 4 rings (SSSR count). The quantitative estimate of drug-likeness (QED) is 0.366. The Morgan fingerprint density at radius 1 is 1.04 bits per heavy atom. The number of fused-ring (bicyclic) bond motifs is 1. The molecule has 0 saturated carbocycles. The van der Waals surface area contributed by atoms with Crippen LogP contribution in [0.15, 0.2) is 56.9 Å². The highest BCUT2D eigenvalue weighted by Crippen LogP contribution is 2.27. The first-order valence-electron chi connectivity index (χ1n) is 9.09. The minimum absolute atomic E-state index is 0.0585. The average Bonchev–Trinajstić information content (AvgIpc) is 2.97. The second-order valence-electron chi connectivity index (χ2n) is 6.99. The fraction of sp³-hybridized carbons (Fsp3) is 0.227. The zero-order valence-corrected chi connectivity index (χ0v) is 17.1. The van der Waals surface area contributed by atoms with Crippen LogP contribution in [0.2, 0.25) is 0 Å². The molecule has 0 saturated heterocycles. The van der Waals surface area contributed by atoms with Gasteiger partial charge in [0.15, 0.2) is 5.16 Å². The number of thioether (sulfide) groups is 1. The molecule has 0 aliphatic carbocycles. The van der Waals surface area contributed by atoms with Crippen molar-refractivity contribution >= 4 is 22.7 Å². The fourth-order valence-electron chi connectivity index (χ4n) is 3.36. The van der Waals surface area contributed by atoms with Gasteiger partial charge in [0.25, 0.3) is 5.56 Å². The molecule has 2 heterocycles. The van der Waals surface area contributed by atoms with E-state index in [0.717, 1.165) is 33.8 Å². The third-order valence-corrected chi connectivity index (χ3v) is 5.70. The molecule has 0 N–H and O–H groups in total. The second kappa shape index (κ2) is 7.28. The molecule has 0 aliphatic rings. The van der Waals surface area contributed by atoms with Crippen molar-refractivity contribution in [2.24, 2.45) is 0 Å². The van der Waals surface area contributed by atoms with Crippen LogP contribution in [0, 0.1) is 27.7 Å². The first-order valence-corrected chi connectivity index (χ1v) is 10.1. The Morgan fingerprint density at radius 2 is 1.75 bits per heavy atom. The lowest BCUT2D eigenvalue weighted by Crippen LogP contribution is -2.22. The Balaban J connectivity index is 1.89. The van der Waals surface area contributed by atoms with Crippen molar-refractivity contribution in [2.45, 2.75) is 38.6 Å². The Hall–Kier alpha value is -2.86. The van der Waals surface area contributed by atoms with Crippen molar-refractivity contribution in [3.63, 3.8) is 0 Å². The van der Waals surface area contributed by atoms with Crippen molar-refractivity contribution in [1.82, 2.24) is 14.7 Å². The fourth-order valence-corrected chi connectivity index (χ4v) is 4.53. The molecule has 0 aliphatic heterocycles. The highest BCUT2D eigenvalue weighted by molar-refractivity contribution is 7.98. The summed E-state index contributed by atoms with van der Waals surface area (Å²) in [5, 5.41) is 5.30. The van der Waals surface area contributed by atoms with E-state index >= 15 is 0 Å². The van der Waals surface area contributed by atoms with Crippen LogP contribution in [0.3, 0.4) is 0 Å². The number of benzene rings is 2. The normalized spacial score (nSPS) is 11.3. The van der Waals surface area contributed by atoms with E-state index in [4.69, 9.17) is 9.51 Å². The Kier molecular flexibility index (Phi) is 4.81. The summed E-state index contributed by atoms with van der Waals surface area (Å²) >= 11 is 1.52. The predicted molar refractivity (Wildman–Crippen MR) is 112 cm³/mol. The molecule has 28 heavy (non-hydrogen) atoms. The average molecular weight is 391 g/mol. The molecule has 0 atom stereocenters. The molecule has 0 fully saturated rings. The van der Waals surface area contributed by atoms with Gasteiger partial charge in [0.1, 0.15) is 5.76 Å². The van der Waals surface area contributed by atoms with Gasteiger partial charge in [-0.25, -0.2) is 4.98 Å². The third kappa shape index (κ3) is 3.36. The summed E-state index contributed by atoms with van der Waals surface area (Å²) in [4.78, 5) is 18.2. The summed E-state index contributed by atoms with van der Waals surface area (Å²) in [5.41, 5.74) is 5.60. The molecule has 2 aromatic carbocycles. The van der Waals surface area contributed by atoms with Gasteiger partial charge in [-0.2, -0.15) is 0 Å². The maximum atomic E-state index is 13.3. The van der Waals surface area contributed by atoms with E-state index in [0.29, 0.717) is 21.8 Å². The first-order chi connectivity index (χ1) is 13.4. The van der Waals surface area contributed by atoms with E-state index in [1.165, 1.54) is 11.8 Å². The standard InChI is InChI=1S/C22H21N3O2S/c1-13-9-14(2)11-17(10-13)25-21(26)18-7-5-6-8-20(18)23-22(25)28-12-19-15(3)24-27-16(19)4/h5-11H,12H2,1-4H3. The SMILES string of the molecule is Cc1cc(C)cc(-n2c(SCc3c(C)noc3C)nc3ccccc3c2=O)c1. The number of rotatable bonds is 4. The number of nitrogens with zero attached hydrogens (tertiary/aromatic N) is 3. The maximum absolute atomic E-state index is 13.3. The van der Waals surface area contributed by atoms with Crippen LogP contribution in [0.25, 0.3) is 16.6 Å². The molecule has 0 unspecified atom stereocenters. The van der Waals surface area contributed by atoms with E-state index in [1.807, 2.05) is 64.1 Å². The van der Waals surface area contributed by atoms with E-state index < -0.39 is 0 Å². The summed E-state index contributed by atoms with van der Waals surface area (Å²) in [6.45, 7) is 7.90. The van der Waals surface area contributed by atoms with E-state index in [9.17, 15) is 4.79 Å². The minimum atomic E-state index is -0.0585. The van der Waals surface area contributed by atoms with Crippen molar-refractivity contribution in [3.05, 3.63) is 81.0 Å². The molecule has 0 spiro atoms. The van der Waals surface area contributed by atoms with Crippen LogP contribution < -0.4 is 5.56 Å². The lowest BCUT2D eigenvalue weighted by atomic mass is 10.1. The molecule has 2 aromatic heterocycles. The second-order valence-corrected chi connectivity index (χ2v) is 7.93. The van der Waals surface area contributed by atoms with E-state index in [-0.39, 0.29) is 5.56 Å². The van der Waals surface area contributed by atoms with Crippen molar-refractivity contribution in [3.8, 4) is 5.69 Å². The van der Waals surface area contributed by atoms with E-state index in [1.54, 1.807) is 4.57 Å². The zero-order chi connectivity index (χ0) is 19.8. The van der Waals surface area contributed by atoms with E-state index in [2.05, 4.69) is 11.2 Å². The number of para-hydroxylation sites is 1. The Morgan fingerprint density at radius 3 is 2.43 bits per heavy atom. The minimum Gasteiger partial charge on any atom is -0.361 e. The highest BCUT2D eigenvalue weighted by Gasteiger charge is 2.16. The van der Waals surface area contributed by atoms with Crippen molar-refractivity contribution in [1.29, 1.82) is 0 Å². The van der Waals surface area contributed by atoms with Gasteiger partial charge < -0.3 is 4.52 Å². The summed E-state index contributed by atoms with van der Waals surface area (Å²) < 4.78 is 6.99. The highest BCUT2D eigenvalue weighted by atomic mass is 32.2. The van der Waals surface area contributed by atoms with Crippen molar-refractivity contribution in [2.75, 3.05) is 0 Å². The van der Waals surface area contributed by atoms with Crippen LogP contribution >= 0.6 is 11.8 Å². The molecular formula is C22H21N3O2S. The van der Waals surface area contributed by atoms with Crippen LogP contribution in [0.1, 0.15) is 28.1 Å². The molecule has 142 valence electrons. The molecule has 6 heteroatoms. The van der Waals surface area contributed by atoms with Crippen molar-refractivity contribution < 1.29 is 4.52 Å². The van der Waals surface area contributed by atoms with Gasteiger partial charge in [-0.1, -0.05) is 35.1 Å². The van der Waals surface area contributed by atoms with Gasteiger partial charge >= 0.3 is 0 Å². The Labute approximate surface area is 167 Å². The lowest BCUT2D eigenvalue weighted by molar-refractivity contribution is 0.392. The lowest BCUT2D eigenvalue weighted by Gasteiger charge is -2.14. The molecule has 4 aromatic rings. The molecular weight excluding hydrogens is 370 g/mol. The number of hydrogen-bond acceptors (Lipinski definition) is 5. The molecule has 0 amide bonds. The van der Waals surface area contributed by atoms with Gasteiger partial charge in [-0.3, -0.25) is 9.36 Å². The number of aryl methyl sites for hydroxylation is 4. The van der Waals surface area contributed by atoms with Crippen LogP contribution in [0.5, 0.6) is 0 Å². The van der Waals surface area contributed by atoms with Crippen LogP contribution in [-0.4, -0.2) is 14.7 Å². The summed E-state index contributed by atoms with van der Waals surface area (Å²) in [6, 6.07) is 13.6. The number of aromatic nitrogens is 3. The third-order valence-electron chi connectivity index (χ3n) is 4.74. The monoisotopic (exact) mass is 391 g/mol. The Bertz CT molecular complexity index is 1200. The smallest absolute Gasteiger partial charge is 0.266 e. The van der Waals surface area contributed by atoms with Gasteiger partial charge in [-0.15, -0.1) is 0 Å². The molecule has 0 bridgehead atoms. The van der Waals surface area contributed by atoms with Crippen LogP contribution in [-0.2, 0) is 5.75 Å². The molecule has 0 radical (unpaired) electrons. The maximum Gasteiger partial charge on any atom is 0.266 e. The summed E-state index contributed by atoms with van der Waals surface area (Å²) in [5.74, 6) is 1.43. The van der Waals surface area contributed by atoms with Gasteiger partial charge in [0.2, 0.25) is 0 Å². The first kappa shape index (κ1) is 18.5. The zero-order valence-electron chi connectivity index (χ0n) is 16.3. The summed E-state index contributed by atoms with van der Waals surface area (Å²) in [7, 11) is 0. The van der Waals surface area contributed by atoms with Crippen LogP contribution in [0.4, 0.5) is 0 Å². The largest absolute Gasteiger partial charge is 0.361 e. The van der Waals surface area contributed by atoms with Gasteiger partial charge in [0.05, 0.1) is 22.3 Å². The summed E-state index contributed by atoms with van der Waals surface area (Å²) in [6.07, 6.45) is 0. The topological polar surface area (TPSA) is 60.9 Å². The number of hydrogen-bond donors (Lipinski definition) is 0. The van der Waals surface area contributed by atoms with Gasteiger partial charge in [0, 0.05) is 11.3 Å². The predicted octanol–water partition coefficient (Wildman–Crippen LogP) is 4.90. The van der Waals surface area contributed by atoms with Gasteiger partial charge in [-0.05, 0) is 63.1 Å². The molecule has 5 nitrogen and oxygen atoms in total.